The van der Waals surface area contributed by atoms with E-state index < -0.39 is 10.0 Å². The molecule has 1 aliphatic heterocycles. The van der Waals surface area contributed by atoms with Crippen molar-refractivity contribution in [1.29, 1.82) is 0 Å². The van der Waals surface area contributed by atoms with Gasteiger partial charge in [0.15, 0.2) is 0 Å². The first-order chi connectivity index (χ1) is 7.66. The molecule has 88 valence electrons. The molecule has 0 radical (unpaired) electrons. The third kappa shape index (κ3) is 1.90. The predicted octanol–water partition coefficient (Wildman–Crippen LogP) is 0.908. The first kappa shape index (κ1) is 11.3. The molecule has 1 aliphatic rings. The largest absolute Gasteiger partial charge is 0.372 e. The minimum Gasteiger partial charge on any atom is -0.372 e. The molecule has 2 rings (SSSR count). The van der Waals surface area contributed by atoms with Gasteiger partial charge < -0.3 is 5.32 Å². The molecular weight excluding hydrogens is 226 g/mol. The van der Waals surface area contributed by atoms with Crippen LogP contribution in [0.25, 0.3) is 0 Å². The van der Waals surface area contributed by atoms with Gasteiger partial charge >= 0.3 is 0 Å². The van der Waals surface area contributed by atoms with Gasteiger partial charge in [-0.15, -0.1) is 0 Å². The van der Waals surface area contributed by atoms with Crippen molar-refractivity contribution in [2.45, 2.75) is 17.7 Å². The molecule has 0 amide bonds. The van der Waals surface area contributed by atoms with Gasteiger partial charge in [-0.05, 0) is 25.0 Å². The van der Waals surface area contributed by atoms with Crippen molar-refractivity contribution in [1.82, 2.24) is 9.29 Å². The van der Waals surface area contributed by atoms with E-state index in [2.05, 4.69) is 10.3 Å². The van der Waals surface area contributed by atoms with Gasteiger partial charge in [0.2, 0.25) is 10.0 Å². The maximum Gasteiger partial charge on any atom is 0.246 e. The molecule has 1 fully saturated rings. The second-order valence-corrected chi connectivity index (χ2v) is 5.62. The lowest BCUT2D eigenvalue weighted by Crippen LogP contribution is -2.28. The summed E-state index contributed by atoms with van der Waals surface area (Å²) in [6, 6.07) is 3.23. The van der Waals surface area contributed by atoms with E-state index in [1.54, 1.807) is 25.4 Å². The normalized spacial score (nSPS) is 17.6. The summed E-state index contributed by atoms with van der Waals surface area (Å²) in [6.07, 6.45) is 3.46. The smallest absolute Gasteiger partial charge is 0.246 e. The molecule has 0 aromatic carbocycles. The summed E-state index contributed by atoms with van der Waals surface area (Å²) in [7, 11) is -1.70. The molecule has 2 heterocycles. The number of nitrogens with zero attached hydrogens (tertiary/aromatic N) is 2. The average Bonchev–Trinajstić information content (AvgIpc) is 2.83. The van der Waals surface area contributed by atoms with Gasteiger partial charge in [-0.3, -0.25) is 0 Å². The summed E-state index contributed by atoms with van der Waals surface area (Å²) in [5.74, 6) is 0.411. The van der Waals surface area contributed by atoms with Gasteiger partial charge in [0, 0.05) is 26.3 Å². The number of anilines is 1. The maximum absolute atomic E-state index is 12.3. The van der Waals surface area contributed by atoms with E-state index in [4.69, 9.17) is 0 Å². The van der Waals surface area contributed by atoms with E-state index in [-0.39, 0.29) is 4.90 Å². The van der Waals surface area contributed by atoms with Crippen LogP contribution in [0.4, 0.5) is 5.82 Å². The molecule has 1 N–H and O–H groups in total. The summed E-state index contributed by atoms with van der Waals surface area (Å²) >= 11 is 0. The van der Waals surface area contributed by atoms with Crippen LogP contribution >= 0.6 is 0 Å². The summed E-state index contributed by atoms with van der Waals surface area (Å²) in [5.41, 5.74) is 0. The van der Waals surface area contributed by atoms with Gasteiger partial charge in [0.05, 0.1) is 0 Å². The van der Waals surface area contributed by atoms with Gasteiger partial charge in [-0.1, -0.05) is 0 Å². The Labute approximate surface area is 95.5 Å². The van der Waals surface area contributed by atoms with Crippen LogP contribution < -0.4 is 5.32 Å². The van der Waals surface area contributed by atoms with Crippen LogP contribution in [0.3, 0.4) is 0 Å². The lowest BCUT2D eigenvalue weighted by molar-refractivity contribution is 0.477. The van der Waals surface area contributed by atoms with Crippen LogP contribution in [0.2, 0.25) is 0 Å². The Morgan fingerprint density at radius 1 is 1.38 bits per heavy atom. The van der Waals surface area contributed by atoms with Gasteiger partial charge in [-0.25, -0.2) is 13.4 Å². The quantitative estimate of drug-likeness (QED) is 0.854. The van der Waals surface area contributed by atoms with E-state index in [9.17, 15) is 8.42 Å². The fourth-order valence-electron chi connectivity index (χ4n) is 1.85. The molecule has 0 unspecified atom stereocenters. The van der Waals surface area contributed by atoms with Crippen LogP contribution in [0, 0.1) is 0 Å². The van der Waals surface area contributed by atoms with Crippen molar-refractivity contribution in [3.8, 4) is 0 Å². The zero-order chi connectivity index (χ0) is 11.6. The Balaban J connectivity index is 2.42. The average molecular weight is 241 g/mol. The monoisotopic (exact) mass is 241 g/mol. The van der Waals surface area contributed by atoms with Crippen LogP contribution in [-0.4, -0.2) is 37.8 Å². The lowest BCUT2D eigenvalue weighted by Gasteiger charge is -2.17. The number of hydrogen-bond donors (Lipinski definition) is 1. The van der Waals surface area contributed by atoms with Crippen LogP contribution in [0.5, 0.6) is 0 Å². The number of nitrogens with one attached hydrogen (secondary N) is 1. The van der Waals surface area contributed by atoms with Crippen LogP contribution in [-0.2, 0) is 10.0 Å². The van der Waals surface area contributed by atoms with E-state index in [1.807, 2.05) is 0 Å². The predicted molar refractivity (Wildman–Crippen MR) is 61.8 cm³/mol. The zero-order valence-corrected chi connectivity index (χ0v) is 10.00. The molecule has 0 aliphatic carbocycles. The Kier molecular flexibility index (Phi) is 3.11. The second-order valence-electron chi connectivity index (χ2n) is 3.71. The first-order valence-electron chi connectivity index (χ1n) is 5.29. The molecule has 1 aromatic rings. The van der Waals surface area contributed by atoms with Gasteiger partial charge in [0.25, 0.3) is 0 Å². The number of rotatable bonds is 3. The lowest BCUT2D eigenvalue weighted by atomic mass is 10.4. The molecule has 0 spiro atoms. The Bertz CT molecular complexity index is 467. The Hall–Kier alpha value is -1.14. The Morgan fingerprint density at radius 3 is 2.69 bits per heavy atom. The minimum absolute atomic E-state index is 0.263. The number of aromatic nitrogens is 1. The first-order valence-corrected chi connectivity index (χ1v) is 6.73. The number of hydrogen-bond acceptors (Lipinski definition) is 4. The van der Waals surface area contributed by atoms with E-state index in [0.29, 0.717) is 18.9 Å². The number of sulfonamides is 1. The summed E-state index contributed by atoms with van der Waals surface area (Å²) in [4.78, 5) is 4.28. The third-order valence-electron chi connectivity index (χ3n) is 2.69. The van der Waals surface area contributed by atoms with E-state index >= 15 is 0 Å². The van der Waals surface area contributed by atoms with Crippen molar-refractivity contribution in [2.75, 3.05) is 25.5 Å². The maximum atomic E-state index is 12.3. The van der Waals surface area contributed by atoms with E-state index in [0.717, 1.165) is 12.8 Å². The van der Waals surface area contributed by atoms with Crippen LogP contribution in [0.1, 0.15) is 12.8 Å². The van der Waals surface area contributed by atoms with Crippen LogP contribution in [0.15, 0.2) is 23.2 Å². The summed E-state index contributed by atoms with van der Waals surface area (Å²) in [5, 5.41) is 2.81. The fourth-order valence-corrected chi connectivity index (χ4v) is 3.52. The highest BCUT2D eigenvalue weighted by atomic mass is 32.2. The van der Waals surface area contributed by atoms with Crippen molar-refractivity contribution in [3.05, 3.63) is 18.3 Å². The third-order valence-corrected chi connectivity index (χ3v) is 4.62. The molecule has 0 atom stereocenters. The molecule has 6 heteroatoms. The Morgan fingerprint density at radius 2 is 2.06 bits per heavy atom. The molecule has 0 saturated carbocycles. The van der Waals surface area contributed by atoms with Gasteiger partial charge in [-0.2, -0.15) is 4.31 Å². The van der Waals surface area contributed by atoms with Crippen molar-refractivity contribution < 1.29 is 8.42 Å². The zero-order valence-electron chi connectivity index (χ0n) is 9.18. The molecular formula is C10H15N3O2S. The SMILES string of the molecule is CNc1ncccc1S(=O)(=O)N1CCCC1. The molecule has 16 heavy (non-hydrogen) atoms. The van der Waals surface area contributed by atoms with Crippen molar-refractivity contribution >= 4 is 15.8 Å². The highest BCUT2D eigenvalue weighted by Crippen LogP contribution is 2.24. The van der Waals surface area contributed by atoms with Crippen molar-refractivity contribution in [2.24, 2.45) is 0 Å². The standard InChI is InChI=1S/C10H15N3O2S/c1-11-10-9(5-4-6-12-10)16(14,15)13-7-2-3-8-13/h4-6H,2-3,7-8H2,1H3,(H,11,12). The second kappa shape index (κ2) is 4.39. The molecule has 5 nitrogen and oxygen atoms in total. The van der Waals surface area contributed by atoms with Gasteiger partial charge in [0.1, 0.15) is 10.7 Å². The molecule has 1 saturated heterocycles. The number of pyridine rings is 1. The summed E-state index contributed by atoms with van der Waals surface area (Å²) in [6.45, 7) is 1.22. The topological polar surface area (TPSA) is 62.3 Å². The molecule has 0 bridgehead atoms. The fraction of sp³-hybridized carbons (Fsp3) is 0.500. The summed E-state index contributed by atoms with van der Waals surface area (Å²) < 4.78 is 26.0. The van der Waals surface area contributed by atoms with Crippen molar-refractivity contribution in [3.63, 3.8) is 0 Å². The minimum atomic E-state index is -3.37. The molecule has 1 aromatic heterocycles. The highest BCUT2D eigenvalue weighted by Gasteiger charge is 2.29. The highest BCUT2D eigenvalue weighted by molar-refractivity contribution is 7.89. The van der Waals surface area contributed by atoms with E-state index in [1.165, 1.54) is 4.31 Å².